The molecule has 0 aromatic heterocycles. The highest BCUT2D eigenvalue weighted by Gasteiger charge is 2.25. The second kappa shape index (κ2) is 4.53. The van der Waals surface area contributed by atoms with E-state index in [0.29, 0.717) is 0 Å². The average Bonchev–Trinajstić information content (AvgIpc) is 1.96. The molecular formula is C6H11O6P. The first kappa shape index (κ1) is 12.3. The van der Waals surface area contributed by atoms with Crippen LogP contribution in [0.2, 0.25) is 0 Å². The molecule has 0 bridgehead atoms. The first-order valence-corrected chi connectivity index (χ1v) is 5.02. The number of carboxylic acid groups (broad SMARTS) is 1. The fourth-order valence-corrected chi connectivity index (χ4v) is 1.70. The molecule has 13 heavy (non-hydrogen) atoms. The molecule has 0 aliphatic carbocycles. The van der Waals surface area contributed by atoms with Crippen molar-refractivity contribution < 1.29 is 29.4 Å². The summed E-state index contributed by atoms with van der Waals surface area (Å²) < 4.78 is 10.7. The van der Waals surface area contributed by atoms with Gasteiger partial charge in [-0.25, -0.2) is 4.79 Å². The SMILES string of the molecule is CC(C(=O)O)=C(CCO)P(=O)(O)O. The van der Waals surface area contributed by atoms with Crippen molar-refractivity contribution in [1.29, 1.82) is 0 Å². The third-order valence-corrected chi connectivity index (χ3v) is 2.72. The van der Waals surface area contributed by atoms with Gasteiger partial charge < -0.3 is 20.0 Å². The number of aliphatic hydroxyl groups excluding tert-OH is 1. The molecule has 7 heteroatoms. The van der Waals surface area contributed by atoms with E-state index in [1.807, 2.05) is 0 Å². The maximum Gasteiger partial charge on any atom is 0.352 e. The Morgan fingerprint density at radius 1 is 1.38 bits per heavy atom. The Morgan fingerprint density at radius 3 is 2.08 bits per heavy atom. The smallest absolute Gasteiger partial charge is 0.352 e. The van der Waals surface area contributed by atoms with Crippen molar-refractivity contribution >= 4 is 13.6 Å². The lowest BCUT2D eigenvalue weighted by molar-refractivity contribution is -0.132. The molecule has 0 aromatic rings. The first-order chi connectivity index (χ1) is 5.80. The van der Waals surface area contributed by atoms with Crippen LogP contribution in [0.5, 0.6) is 0 Å². The summed E-state index contributed by atoms with van der Waals surface area (Å²) in [5, 5.41) is 16.4. The molecular weight excluding hydrogens is 199 g/mol. The van der Waals surface area contributed by atoms with E-state index in [-0.39, 0.29) is 6.42 Å². The molecule has 0 heterocycles. The number of aliphatic carboxylic acids is 1. The van der Waals surface area contributed by atoms with Crippen LogP contribution >= 0.6 is 7.60 Å². The molecule has 0 aromatic carbocycles. The standard InChI is InChI=1S/C6H11O6P/c1-4(6(8)9)5(2-3-7)13(10,11)12/h7H,2-3H2,1H3,(H,8,9)(H2,10,11,12). The molecule has 6 nitrogen and oxygen atoms in total. The third-order valence-electron chi connectivity index (χ3n) is 1.45. The van der Waals surface area contributed by atoms with Gasteiger partial charge >= 0.3 is 13.6 Å². The minimum Gasteiger partial charge on any atom is -0.478 e. The number of hydrogen-bond donors (Lipinski definition) is 4. The zero-order valence-corrected chi connectivity index (χ0v) is 7.86. The molecule has 0 fully saturated rings. The lowest BCUT2D eigenvalue weighted by Gasteiger charge is -2.09. The second-order valence-corrected chi connectivity index (χ2v) is 4.02. The fraction of sp³-hybridized carbons (Fsp3) is 0.500. The summed E-state index contributed by atoms with van der Waals surface area (Å²) in [7, 11) is -4.56. The summed E-state index contributed by atoms with van der Waals surface area (Å²) in [5.74, 6) is -1.40. The van der Waals surface area contributed by atoms with Crippen molar-refractivity contribution in [1.82, 2.24) is 0 Å². The molecule has 0 amide bonds. The Hall–Kier alpha value is -0.680. The summed E-state index contributed by atoms with van der Waals surface area (Å²) in [6, 6.07) is 0. The lowest BCUT2D eigenvalue weighted by Crippen LogP contribution is -2.03. The van der Waals surface area contributed by atoms with Crippen molar-refractivity contribution in [2.75, 3.05) is 6.61 Å². The van der Waals surface area contributed by atoms with Crippen LogP contribution in [0.15, 0.2) is 10.9 Å². The van der Waals surface area contributed by atoms with Crippen LogP contribution in [-0.2, 0) is 9.36 Å². The third kappa shape index (κ3) is 3.69. The minimum atomic E-state index is -4.56. The largest absolute Gasteiger partial charge is 0.478 e. The van der Waals surface area contributed by atoms with Gasteiger partial charge in [0.2, 0.25) is 0 Å². The predicted molar refractivity (Wildman–Crippen MR) is 44.1 cm³/mol. The number of rotatable bonds is 4. The number of carbonyl (C=O) groups is 1. The molecule has 0 rings (SSSR count). The van der Waals surface area contributed by atoms with E-state index < -0.39 is 31.1 Å². The van der Waals surface area contributed by atoms with Crippen LogP contribution in [-0.4, -0.2) is 32.6 Å². The summed E-state index contributed by atoms with van der Waals surface area (Å²) in [6.07, 6.45) is -0.331. The van der Waals surface area contributed by atoms with Crippen molar-refractivity contribution in [2.45, 2.75) is 13.3 Å². The van der Waals surface area contributed by atoms with Gasteiger partial charge in [0.1, 0.15) is 0 Å². The quantitative estimate of drug-likeness (QED) is 0.380. The highest BCUT2D eigenvalue weighted by atomic mass is 31.2. The van der Waals surface area contributed by atoms with E-state index in [4.69, 9.17) is 20.0 Å². The number of carboxylic acids is 1. The van der Waals surface area contributed by atoms with Gasteiger partial charge in [-0.3, -0.25) is 4.57 Å². The molecule has 0 saturated carbocycles. The molecule has 0 saturated heterocycles. The van der Waals surface area contributed by atoms with Gasteiger partial charge in [-0.05, 0) is 6.92 Å². The summed E-state index contributed by atoms with van der Waals surface area (Å²) in [6.45, 7) is 0.595. The second-order valence-electron chi connectivity index (χ2n) is 2.39. The predicted octanol–water partition coefficient (Wildman–Crippen LogP) is -0.0949. The van der Waals surface area contributed by atoms with E-state index in [2.05, 4.69) is 0 Å². The lowest BCUT2D eigenvalue weighted by atomic mass is 10.2. The maximum atomic E-state index is 10.7. The Balaban J connectivity index is 5.13. The van der Waals surface area contributed by atoms with Crippen LogP contribution in [0.1, 0.15) is 13.3 Å². The molecule has 0 aliphatic heterocycles. The van der Waals surface area contributed by atoms with Gasteiger partial charge in [0.15, 0.2) is 0 Å². The van der Waals surface area contributed by atoms with Crippen molar-refractivity contribution in [3.05, 3.63) is 10.9 Å². The Labute approximate surface area is 74.7 Å². The van der Waals surface area contributed by atoms with E-state index in [1.54, 1.807) is 0 Å². The van der Waals surface area contributed by atoms with Crippen LogP contribution < -0.4 is 0 Å². The van der Waals surface area contributed by atoms with Crippen molar-refractivity contribution in [3.63, 3.8) is 0 Å². The van der Waals surface area contributed by atoms with Crippen molar-refractivity contribution in [3.8, 4) is 0 Å². The van der Waals surface area contributed by atoms with Gasteiger partial charge in [-0.2, -0.15) is 0 Å². The molecule has 0 spiro atoms. The zero-order chi connectivity index (χ0) is 10.6. The molecule has 0 unspecified atom stereocenters. The summed E-state index contributed by atoms with van der Waals surface area (Å²) >= 11 is 0. The van der Waals surface area contributed by atoms with Crippen molar-refractivity contribution in [2.24, 2.45) is 0 Å². The molecule has 4 N–H and O–H groups in total. The fourth-order valence-electron chi connectivity index (χ4n) is 0.781. The van der Waals surface area contributed by atoms with Gasteiger partial charge in [-0.15, -0.1) is 0 Å². The van der Waals surface area contributed by atoms with Crippen LogP contribution in [0.25, 0.3) is 0 Å². The molecule has 76 valence electrons. The summed E-state index contributed by atoms with van der Waals surface area (Å²) in [4.78, 5) is 27.8. The normalized spacial score (nSPS) is 13.8. The first-order valence-electron chi connectivity index (χ1n) is 3.40. The van der Waals surface area contributed by atoms with E-state index in [9.17, 15) is 9.36 Å². The Bertz CT molecular complexity index is 275. The highest BCUT2D eigenvalue weighted by Crippen LogP contribution is 2.48. The molecule has 0 radical (unpaired) electrons. The Kier molecular flexibility index (Phi) is 4.29. The zero-order valence-electron chi connectivity index (χ0n) is 6.97. The van der Waals surface area contributed by atoms with Gasteiger partial charge in [0, 0.05) is 18.6 Å². The van der Waals surface area contributed by atoms with Crippen LogP contribution in [0, 0.1) is 0 Å². The van der Waals surface area contributed by atoms with Crippen LogP contribution in [0.4, 0.5) is 0 Å². The number of hydrogen-bond acceptors (Lipinski definition) is 3. The average molecular weight is 210 g/mol. The van der Waals surface area contributed by atoms with E-state index in [0.717, 1.165) is 6.92 Å². The van der Waals surface area contributed by atoms with E-state index >= 15 is 0 Å². The molecule has 0 atom stereocenters. The van der Waals surface area contributed by atoms with E-state index in [1.165, 1.54) is 0 Å². The summed E-state index contributed by atoms with van der Waals surface area (Å²) in [5.41, 5.74) is -0.414. The van der Waals surface area contributed by atoms with Gasteiger partial charge in [-0.1, -0.05) is 0 Å². The monoisotopic (exact) mass is 210 g/mol. The Morgan fingerprint density at radius 2 is 1.85 bits per heavy atom. The topological polar surface area (TPSA) is 115 Å². The van der Waals surface area contributed by atoms with Gasteiger partial charge in [0.05, 0.1) is 5.31 Å². The maximum absolute atomic E-state index is 10.7. The van der Waals surface area contributed by atoms with Gasteiger partial charge in [0.25, 0.3) is 0 Å². The minimum absolute atomic E-state index is 0.331. The highest BCUT2D eigenvalue weighted by molar-refractivity contribution is 7.56. The van der Waals surface area contributed by atoms with Crippen LogP contribution in [0.3, 0.4) is 0 Å². The number of aliphatic hydroxyl groups is 1. The molecule has 0 aliphatic rings.